The Morgan fingerprint density at radius 3 is 0.907 bits per heavy atom. The number of nitrogens with zero attached hydrogens (tertiary/aromatic N) is 2. The van der Waals surface area contributed by atoms with E-state index in [1.807, 2.05) is 24.3 Å². The van der Waals surface area contributed by atoms with E-state index in [2.05, 4.69) is 192 Å². The Morgan fingerprint density at radius 2 is 0.593 bits per heavy atom. The zero-order valence-electron chi connectivity index (χ0n) is 29.5. The van der Waals surface area contributed by atoms with Crippen molar-refractivity contribution in [1.29, 1.82) is 0 Å². The molecule has 0 saturated heterocycles. The molecule has 2 heterocycles. The van der Waals surface area contributed by atoms with Crippen LogP contribution in [0.5, 0.6) is 0 Å². The lowest BCUT2D eigenvalue weighted by atomic mass is 9.35. The number of benzene rings is 8. The Bertz CT molecular complexity index is 2320. The lowest BCUT2D eigenvalue weighted by Crippen LogP contribution is -2.57. The number of hydrogen-bond acceptors (Lipinski definition) is 3. The minimum atomic E-state index is -1.35. The molecular weight excluding hydrogens is 674 g/mol. The van der Waals surface area contributed by atoms with Gasteiger partial charge in [0.15, 0.2) is 9.79 Å². The fourth-order valence-corrected chi connectivity index (χ4v) is 9.51. The van der Waals surface area contributed by atoms with Crippen LogP contribution < -0.4 is 42.6 Å². The molecule has 0 unspecified atom stereocenters. The highest BCUT2D eigenvalue weighted by Crippen LogP contribution is 2.38. The van der Waals surface area contributed by atoms with Gasteiger partial charge < -0.3 is 14.4 Å². The Labute approximate surface area is 320 Å². The maximum atomic E-state index is 14.1. The van der Waals surface area contributed by atoms with Crippen molar-refractivity contribution >= 4 is 91.5 Å². The molecule has 0 saturated carbocycles. The first-order valence-electron chi connectivity index (χ1n) is 18.4. The minimum Gasteiger partial charge on any atom is -0.606 e. The zero-order chi connectivity index (χ0) is 36.0. The molecular formula is C48H34B2N2OS. The molecule has 254 valence electrons. The molecule has 0 spiro atoms. The summed E-state index contributed by atoms with van der Waals surface area (Å²) in [5.74, 6) is 0. The molecule has 8 aromatic rings. The van der Waals surface area contributed by atoms with Gasteiger partial charge >= 0.3 is 0 Å². The van der Waals surface area contributed by atoms with Gasteiger partial charge in [-0.25, -0.2) is 0 Å². The predicted octanol–water partition coefficient (Wildman–Crippen LogP) is 7.45. The molecule has 10 rings (SSSR count). The molecule has 0 aliphatic carbocycles. The van der Waals surface area contributed by atoms with Crippen molar-refractivity contribution in [2.75, 3.05) is 9.80 Å². The fourth-order valence-electron chi connectivity index (χ4n) is 8.47. The van der Waals surface area contributed by atoms with Gasteiger partial charge in [-0.1, -0.05) is 144 Å². The highest BCUT2D eigenvalue weighted by Gasteiger charge is 2.36. The third-order valence-corrected chi connectivity index (χ3v) is 12.2. The van der Waals surface area contributed by atoms with E-state index in [0.29, 0.717) is 0 Å². The molecule has 2 aliphatic heterocycles. The molecule has 0 bridgehead atoms. The van der Waals surface area contributed by atoms with Crippen molar-refractivity contribution in [3.63, 3.8) is 0 Å². The Balaban J connectivity index is 0.962. The molecule has 0 N–H and O–H groups in total. The number of para-hydroxylation sites is 4. The van der Waals surface area contributed by atoms with Crippen molar-refractivity contribution in [1.82, 2.24) is 0 Å². The summed E-state index contributed by atoms with van der Waals surface area (Å²) >= 11 is -1.35. The highest BCUT2D eigenvalue weighted by atomic mass is 32.2. The summed E-state index contributed by atoms with van der Waals surface area (Å²) in [6.45, 7) is 0.281. The van der Waals surface area contributed by atoms with Crippen LogP contribution in [0.2, 0.25) is 0 Å². The van der Waals surface area contributed by atoms with Crippen LogP contribution in [-0.4, -0.2) is 18.0 Å². The third kappa shape index (κ3) is 5.46. The summed E-state index contributed by atoms with van der Waals surface area (Å²) in [7, 11) is 0. The van der Waals surface area contributed by atoms with Crippen LogP contribution >= 0.6 is 0 Å². The number of anilines is 6. The van der Waals surface area contributed by atoms with Gasteiger partial charge in [0.2, 0.25) is 13.4 Å². The second-order valence-corrected chi connectivity index (χ2v) is 15.3. The van der Waals surface area contributed by atoms with E-state index in [9.17, 15) is 4.55 Å². The predicted molar refractivity (Wildman–Crippen MR) is 229 cm³/mol. The minimum absolute atomic E-state index is 0.141. The number of hydrogen-bond donors (Lipinski definition) is 0. The van der Waals surface area contributed by atoms with Crippen LogP contribution in [0.1, 0.15) is 0 Å². The monoisotopic (exact) mass is 708 g/mol. The second kappa shape index (κ2) is 13.7. The standard InChI is InChI=1S/C48H34B2N2OS/c53-54(39-31-27-37(28-32-39)51-45-23-11-7-19-41(45)49(35-15-3-1-4-16-35)42-20-8-12-24-46(42)51)40-33-29-38(30-34-40)52-47-25-13-9-21-43(47)50(36-17-5-2-6-18-36)44-22-10-14-26-48(44)52/h1-34H. The average Bonchev–Trinajstić information content (AvgIpc) is 3.25. The largest absolute Gasteiger partial charge is 0.606 e. The molecule has 0 amide bonds. The van der Waals surface area contributed by atoms with Crippen LogP contribution in [0, 0.1) is 0 Å². The van der Waals surface area contributed by atoms with Gasteiger partial charge in [-0.05, 0) is 94.6 Å². The van der Waals surface area contributed by atoms with Crippen molar-refractivity contribution < 1.29 is 4.55 Å². The molecule has 2 aliphatic rings. The average molecular weight is 709 g/mol. The summed E-state index contributed by atoms with van der Waals surface area (Å²) in [4.78, 5) is 6.21. The molecule has 0 radical (unpaired) electrons. The van der Waals surface area contributed by atoms with E-state index < -0.39 is 11.2 Å². The van der Waals surface area contributed by atoms with Crippen molar-refractivity contribution in [3.8, 4) is 0 Å². The van der Waals surface area contributed by atoms with E-state index in [1.165, 1.54) is 32.8 Å². The van der Waals surface area contributed by atoms with Gasteiger partial charge in [0.25, 0.3) is 0 Å². The summed E-state index contributed by atoms with van der Waals surface area (Å²) in [5.41, 5.74) is 14.3. The maximum absolute atomic E-state index is 14.1. The fraction of sp³-hybridized carbons (Fsp3) is 0. The van der Waals surface area contributed by atoms with Crippen LogP contribution in [-0.2, 0) is 11.2 Å². The van der Waals surface area contributed by atoms with Gasteiger partial charge in [-0.3, -0.25) is 0 Å². The first kappa shape index (κ1) is 32.5. The van der Waals surface area contributed by atoms with Gasteiger partial charge in [0.1, 0.15) is 0 Å². The van der Waals surface area contributed by atoms with Gasteiger partial charge in [0, 0.05) is 45.3 Å². The lowest BCUT2D eigenvalue weighted by molar-refractivity contribution is 0.595. The van der Waals surface area contributed by atoms with Crippen LogP contribution in [0.25, 0.3) is 0 Å². The Morgan fingerprint density at radius 1 is 0.315 bits per heavy atom. The first-order chi connectivity index (χ1) is 26.7. The quantitative estimate of drug-likeness (QED) is 0.133. The summed E-state index contributed by atoms with van der Waals surface area (Å²) < 4.78 is 14.1. The molecule has 0 fully saturated rings. The van der Waals surface area contributed by atoms with E-state index >= 15 is 0 Å². The topological polar surface area (TPSA) is 29.5 Å². The normalized spacial score (nSPS) is 12.9. The van der Waals surface area contributed by atoms with E-state index in [0.717, 1.165) is 43.9 Å². The maximum Gasteiger partial charge on any atom is 0.246 e. The van der Waals surface area contributed by atoms with E-state index in [1.54, 1.807) is 0 Å². The van der Waals surface area contributed by atoms with E-state index in [-0.39, 0.29) is 13.4 Å². The Kier molecular flexibility index (Phi) is 8.20. The Hall–Kier alpha value is -6.20. The molecule has 8 aromatic carbocycles. The van der Waals surface area contributed by atoms with Crippen molar-refractivity contribution in [2.45, 2.75) is 9.79 Å². The SMILES string of the molecule is [O-][S+](c1ccc(N2c3ccccc3B(c3ccccc3)c3ccccc32)cc1)c1ccc(N2c3ccccc3B(c3ccccc3)c3ccccc32)cc1. The molecule has 0 atom stereocenters. The van der Waals surface area contributed by atoms with Gasteiger partial charge in [0.05, 0.1) is 0 Å². The van der Waals surface area contributed by atoms with Crippen LogP contribution in [0.3, 0.4) is 0 Å². The second-order valence-electron chi connectivity index (χ2n) is 13.9. The summed E-state index contributed by atoms with van der Waals surface area (Å²) in [6.07, 6.45) is 0. The lowest BCUT2D eigenvalue weighted by Gasteiger charge is -2.37. The number of fused-ring (bicyclic) bond motifs is 4. The summed E-state index contributed by atoms with van der Waals surface area (Å²) in [6, 6.07) is 72.7. The van der Waals surface area contributed by atoms with Crippen LogP contribution in [0.15, 0.2) is 216 Å². The first-order valence-corrected chi connectivity index (χ1v) is 19.6. The zero-order valence-corrected chi connectivity index (χ0v) is 30.3. The summed E-state index contributed by atoms with van der Waals surface area (Å²) in [5, 5.41) is 0. The molecule has 6 heteroatoms. The molecule has 3 nitrogen and oxygen atoms in total. The highest BCUT2D eigenvalue weighted by molar-refractivity contribution is 7.91. The van der Waals surface area contributed by atoms with Crippen LogP contribution in [0.4, 0.5) is 34.1 Å². The van der Waals surface area contributed by atoms with E-state index in [4.69, 9.17) is 0 Å². The van der Waals surface area contributed by atoms with Gasteiger partial charge in [-0.15, -0.1) is 0 Å². The molecule has 0 aromatic heterocycles. The third-order valence-electron chi connectivity index (χ3n) is 10.8. The molecule has 54 heavy (non-hydrogen) atoms. The number of rotatable bonds is 6. The van der Waals surface area contributed by atoms with Crippen molar-refractivity contribution in [3.05, 3.63) is 206 Å². The van der Waals surface area contributed by atoms with Crippen molar-refractivity contribution in [2.24, 2.45) is 0 Å². The smallest absolute Gasteiger partial charge is 0.246 e. The van der Waals surface area contributed by atoms with Gasteiger partial charge in [-0.2, -0.15) is 0 Å².